The number of carbonyl (C=O) groups excluding carboxylic acids is 1. The molecule has 0 spiro atoms. The molecule has 15 heteroatoms. The maximum absolute atomic E-state index is 14.0. The maximum Gasteiger partial charge on any atom is 0.293 e. The Balaban J connectivity index is 0.974. The molecule has 4 aromatic carbocycles. The Hall–Kier alpha value is -6.29. The van der Waals surface area contributed by atoms with E-state index in [0.29, 0.717) is 37.1 Å². The lowest BCUT2D eigenvalue weighted by atomic mass is 9.85. The van der Waals surface area contributed by atoms with Crippen molar-refractivity contribution >= 4 is 44.0 Å². The number of nitrogens with zero attached hydrogens (tertiary/aromatic N) is 4. The number of amides is 1. The zero-order valence-corrected chi connectivity index (χ0v) is 36.0. The molecule has 3 fully saturated rings. The molecule has 14 nitrogen and oxygen atoms in total. The minimum absolute atomic E-state index is 0.0555. The van der Waals surface area contributed by atoms with Crippen LogP contribution >= 0.6 is 0 Å². The van der Waals surface area contributed by atoms with Crippen LogP contribution in [-0.2, 0) is 14.8 Å². The Morgan fingerprint density at radius 3 is 2.49 bits per heavy atom. The lowest BCUT2D eigenvalue weighted by Crippen LogP contribution is -2.32. The van der Waals surface area contributed by atoms with Crippen LogP contribution in [-0.4, -0.2) is 80.6 Å². The first-order valence-corrected chi connectivity index (χ1v) is 23.1. The van der Waals surface area contributed by atoms with Crippen molar-refractivity contribution < 1.29 is 27.6 Å². The molecular formula is C48H51N7O7S. The monoisotopic (exact) mass is 869 g/mol. The van der Waals surface area contributed by atoms with Crippen LogP contribution in [0.2, 0.25) is 0 Å². The van der Waals surface area contributed by atoms with Crippen molar-refractivity contribution in [1.29, 1.82) is 0 Å². The van der Waals surface area contributed by atoms with E-state index in [2.05, 4.69) is 85.4 Å². The van der Waals surface area contributed by atoms with Crippen LogP contribution in [0.15, 0.2) is 114 Å². The predicted octanol–water partition coefficient (Wildman–Crippen LogP) is 9.04. The van der Waals surface area contributed by atoms with Crippen LogP contribution in [0, 0.1) is 16.0 Å². The predicted molar refractivity (Wildman–Crippen MR) is 243 cm³/mol. The number of likely N-dealkylation sites (N-methyl/N-ethyl adjacent to an activating group) is 1. The van der Waals surface area contributed by atoms with Crippen molar-refractivity contribution in [2.45, 2.75) is 55.4 Å². The third-order valence-corrected chi connectivity index (χ3v) is 14.0. The van der Waals surface area contributed by atoms with Gasteiger partial charge in [0.05, 0.1) is 27.6 Å². The molecule has 3 aliphatic rings. The molecule has 6 aromatic rings. The summed E-state index contributed by atoms with van der Waals surface area (Å²) >= 11 is 0. The number of rotatable bonds is 13. The quantitative estimate of drug-likeness (QED) is 0.0747. The molecule has 0 aliphatic carbocycles. The number of carbonyl (C=O) groups is 1. The number of aromatic nitrogens is 2. The number of hydrogen-bond donors (Lipinski definition) is 3. The van der Waals surface area contributed by atoms with E-state index in [1.54, 1.807) is 24.4 Å². The van der Waals surface area contributed by atoms with Gasteiger partial charge < -0.3 is 29.6 Å². The summed E-state index contributed by atoms with van der Waals surface area (Å²) in [4.78, 5) is 37.4. The molecule has 1 unspecified atom stereocenters. The van der Waals surface area contributed by atoms with Crippen LogP contribution in [0.3, 0.4) is 0 Å². The fraction of sp³-hybridized carbons (Fsp3) is 0.333. The molecule has 9 rings (SSSR count). The highest BCUT2D eigenvalue weighted by Crippen LogP contribution is 2.42. The highest BCUT2D eigenvalue weighted by Gasteiger charge is 2.31. The van der Waals surface area contributed by atoms with Gasteiger partial charge in [0, 0.05) is 56.2 Å². The molecule has 3 aliphatic heterocycles. The van der Waals surface area contributed by atoms with E-state index in [0.717, 1.165) is 73.6 Å². The fourth-order valence-electron chi connectivity index (χ4n) is 9.35. The lowest BCUT2D eigenvalue weighted by molar-refractivity contribution is -0.384. The molecule has 0 radical (unpaired) electrons. The normalized spacial score (nSPS) is 18.7. The highest BCUT2D eigenvalue weighted by molar-refractivity contribution is 7.90. The smallest absolute Gasteiger partial charge is 0.293 e. The number of ether oxygens (including phenoxy) is 2. The van der Waals surface area contributed by atoms with E-state index in [-0.39, 0.29) is 29.0 Å². The van der Waals surface area contributed by atoms with Crippen molar-refractivity contribution in [3.63, 3.8) is 0 Å². The number of piperidine rings is 1. The first-order chi connectivity index (χ1) is 30.6. The minimum atomic E-state index is -4.57. The summed E-state index contributed by atoms with van der Waals surface area (Å²) in [5, 5.41) is 16.0. The molecule has 5 heterocycles. The van der Waals surface area contributed by atoms with Crippen molar-refractivity contribution in [2.24, 2.45) is 5.92 Å². The number of nitrogens with one attached hydrogen (secondary N) is 3. The molecule has 1 amide bonds. The van der Waals surface area contributed by atoms with Crippen LogP contribution < -0.4 is 19.7 Å². The van der Waals surface area contributed by atoms with Crippen LogP contribution in [0.25, 0.3) is 22.2 Å². The summed E-state index contributed by atoms with van der Waals surface area (Å²) in [6, 6.07) is 29.8. The summed E-state index contributed by atoms with van der Waals surface area (Å²) in [6.45, 7) is 4.91. The van der Waals surface area contributed by atoms with Crippen molar-refractivity contribution in [1.82, 2.24) is 19.6 Å². The topological polar surface area (TPSA) is 172 Å². The molecule has 3 saturated heterocycles. The van der Waals surface area contributed by atoms with Gasteiger partial charge in [0.2, 0.25) is 0 Å². The Labute approximate surface area is 366 Å². The minimum Gasteiger partial charge on any atom is -0.455 e. The highest BCUT2D eigenvalue weighted by atomic mass is 32.2. The van der Waals surface area contributed by atoms with Crippen molar-refractivity contribution in [3.05, 3.63) is 136 Å². The largest absolute Gasteiger partial charge is 0.455 e. The zero-order chi connectivity index (χ0) is 43.5. The molecule has 2 aromatic heterocycles. The van der Waals surface area contributed by atoms with Gasteiger partial charge in [-0.2, -0.15) is 0 Å². The molecule has 326 valence electrons. The van der Waals surface area contributed by atoms with Crippen LogP contribution in [0.1, 0.15) is 72.0 Å². The van der Waals surface area contributed by atoms with Crippen LogP contribution in [0.4, 0.5) is 17.1 Å². The summed E-state index contributed by atoms with van der Waals surface area (Å²) in [5.74, 6) is 0.270. The Bertz CT molecular complexity index is 2740. The standard InChI is InChI=1S/C48H51N7O7S/c1-53-22-4-6-36(31-53)40-7-2-3-8-41(40)44-9-5-23-54(44)37-13-10-33(11-14-37)34-12-16-42(46(27-34)62-38-26-35-18-21-49-47(35)51-30-38)48(56)52-63(59,60)39-15-17-43(45(28-39)55(57)58)50-29-32-19-24-61-25-20-32/h2-3,7-8,10-18,21,26-28,30,32,36,44,50H,4-6,9,19-20,22-25,29,31H2,1H3,(H,49,51)(H,52,56)/t36?,44-/m1/s1. The summed E-state index contributed by atoms with van der Waals surface area (Å²) in [6.07, 6.45) is 9.52. The maximum atomic E-state index is 14.0. The number of nitro groups is 1. The van der Waals surface area contributed by atoms with E-state index in [1.807, 2.05) is 6.07 Å². The average molecular weight is 870 g/mol. The molecule has 0 bridgehead atoms. The zero-order valence-electron chi connectivity index (χ0n) is 35.2. The molecule has 63 heavy (non-hydrogen) atoms. The van der Waals surface area contributed by atoms with Gasteiger partial charge in [-0.05, 0) is 135 Å². The Kier molecular flexibility index (Phi) is 12.1. The van der Waals surface area contributed by atoms with E-state index < -0.39 is 31.4 Å². The third kappa shape index (κ3) is 9.26. The first kappa shape index (κ1) is 42.0. The second-order valence-electron chi connectivity index (χ2n) is 16.8. The van der Waals surface area contributed by atoms with Gasteiger partial charge in [0.25, 0.3) is 21.6 Å². The van der Waals surface area contributed by atoms with E-state index in [1.165, 1.54) is 48.4 Å². The number of pyridine rings is 1. The lowest BCUT2D eigenvalue weighted by Gasteiger charge is -2.34. The van der Waals surface area contributed by atoms with Crippen LogP contribution in [0.5, 0.6) is 11.5 Å². The number of sulfonamides is 1. The number of fused-ring (bicyclic) bond motifs is 1. The second kappa shape index (κ2) is 18.2. The second-order valence-corrected chi connectivity index (χ2v) is 18.5. The van der Waals surface area contributed by atoms with Gasteiger partial charge in [-0.15, -0.1) is 0 Å². The molecule has 3 N–H and O–H groups in total. The molecular weight excluding hydrogens is 819 g/mol. The van der Waals surface area contributed by atoms with E-state index >= 15 is 0 Å². The third-order valence-electron chi connectivity index (χ3n) is 12.7. The van der Waals surface area contributed by atoms with Gasteiger partial charge in [0.1, 0.15) is 22.8 Å². The number of H-pyrrole nitrogens is 1. The summed E-state index contributed by atoms with van der Waals surface area (Å²) < 4.78 is 41.2. The number of likely N-dealkylation sites (tertiary alicyclic amines) is 1. The van der Waals surface area contributed by atoms with Gasteiger partial charge >= 0.3 is 0 Å². The number of hydrogen-bond acceptors (Lipinski definition) is 11. The van der Waals surface area contributed by atoms with Gasteiger partial charge in [0.15, 0.2) is 0 Å². The van der Waals surface area contributed by atoms with Crippen molar-refractivity contribution in [3.8, 4) is 22.6 Å². The molecule has 2 atom stereocenters. The number of benzene rings is 4. The first-order valence-electron chi connectivity index (χ1n) is 21.7. The van der Waals surface area contributed by atoms with Gasteiger partial charge in [-0.25, -0.2) is 18.1 Å². The van der Waals surface area contributed by atoms with E-state index in [4.69, 9.17) is 9.47 Å². The Morgan fingerprint density at radius 2 is 1.70 bits per heavy atom. The van der Waals surface area contributed by atoms with Crippen molar-refractivity contribution in [2.75, 3.05) is 56.7 Å². The summed E-state index contributed by atoms with van der Waals surface area (Å²) in [5.41, 5.74) is 6.00. The van der Waals surface area contributed by atoms with E-state index in [9.17, 15) is 23.3 Å². The Morgan fingerprint density at radius 1 is 0.921 bits per heavy atom. The SMILES string of the molecule is CN1CCCC(c2ccccc2[C@H]2CCCN2c2ccc(-c3ccc(C(=O)NS(=O)(=O)c4ccc(NCC5CCOCC5)c([N+](=O)[O-])c4)c(Oc4cnc5[nH]ccc5c4)c3)cc2)C1. The summed E-state index contributed by atoms with van der Waals surface area (Å²) in [7, 11) is -2.35. The average Bonchev–Trinajstić information content (AvgIpc) is 3.99. The fourth-order valence-corrected chi connectivity index (χ4v) is 10.3. The van der Waals surface area contributed by atoms with Gasteiger partial charge in [-0.3, -0.25) is 14.9 Å². The number of anilines is 2. The number of aromatic amines is 1. The molecule has 0 saturated carbocycles. The van der Waals surface area contributed by atoms with Gasteiger partial charge in [-0.1, -0.05) is 42.5 Å². The number of nitro benzene ring substituents is 1.